The number of hydrogen-bond donors (Lipinski definition) is 1. The number of aliphatic imine (C=N–C) groups is 1. The Labute approximate surface area is 320 Å². The highest BCUT2D eigenvalue weighted by Gasteiger charge is 2.23. The van der Waals surface area contributed by atoms with Crippen LogP contribution in [0.4, 0.5) is 11.4 Å². The second-order valence-corrected chi connectivity index (χ2v) is 15.0. The van der Waals surface area contributed by atoms with Gasteiger partial charge in [0.25, 0.3) is 0 Å². The van der Waals surface area contributed by atoms with Gasteiger partial charge in [-0.25, -0.2) is 0 Å². The van der Waals surface area contributed by atoms with Crippen LogP contribution in [-0.4, -0.2) is 17.3 Å². The van der Waals surface area contributed by atoms with Gasteiger partial charge >= 0.3 is 0 Å². The largest absolute Gasteiger partial charge is 0.378 e. The number of ketones is 2. The quantitative estimate of drug-likeness (QED) is 0.187. The third kappa shape index (κ3) is 9.01. The fourth-order valence-corrected chi connectivity index (χ4v) is 7.47. The molecule has 270 valence electrons. The molecule has 0 spiro atoms. The number of nitrogens with one attached hydrogen (secondary N) is 1. The molecule has 6 aromatic carbocycles. The van der Waals surface area contributed by atoms with E-state index in [1.165, 1.54) is 50.1 Å². The van der Waals surface area contributed by atoms with Crippen LogP contribution in [0.25, 0.3) is 0 Å². The average Bonchev–Trinajstić information content (AvgIpc) is 3.43. The molecule has 0 saturated heterocycles. The van der Waals surface area contributed by atoms with Crippen LogP contribution in [0.3, 0.4) is 0 Å². The van der Waals surface area contributed by atoms with Crippen LogP contribution in [-0.2, 0) is 35.3 Å². The smallest absolute Gasteiger partial charge is 0.143 e. The van der Waals surface area contributed by atoms with Crippen LogP contribution < -0.4 is 5.32 Å². The molecule has 0 bridgehead atoms. The third-order valence-electron chi connectivity index (χ3n) is 10.7. The van der Waals surface area contributed by atoms with E-state index in [1.54, 1.807) is 0 Å². The minimum atomic E-state index is 0.0246. The summed E-state index contributed by atoms with van der Waals surface area (Å²) in [5, 5.41) is 3.64. The highest BCUT2D eigenvalue weighted by molar-refractivity contribution is 6.13. The van der Waals surface area contributed by atoms with E-state index in [-0.39, 0.29) is 11.8 Å². The lowest BCUT2D eigenvalue weighted by Crippen LogP contribution is -2.13. The second kappa shape index (κ2) is 16.4. The van der Waals surface area contributed by atoms with E-state index in [4.69, 9.17) is 4.99 Å². The van der Waals surface area contributed by atoms with Gasteiger partial charge < -0.3 is 5.32 Å². The van der Waals surface area contributed by atoms with Gasteiger partial charge in [-0.1, -0.05) is 115 Å². The van der Waals surface area contributed by atoms with Crippen LogP contribution in [0.15, 0.2) is 138 Å². The number of fused-ring (bicyclic) bond motifs is 2. The molecule has 2 aliphatic rings. The normalized spacial score (nSPS) is 15.0. The van der Waals surface area contributed by atoms with Gasteiger partial charge in [-0.2, -0.15) is 0 Å². The number of Topliss-reactive ketones (excluding diaryl/α,β-unsaturated/α-hetero) is 2. The highest BCUT2D eigenvalue weighted by Crippen LogP contribution is 2.33. The SMILES string of the molecule is Cc1cc2c(cc1C)N=C(c1cccc(Cc3ccccc3)c1)CC(=O)C2.Cc1cc2c(cc1C)NC(c1cccc(Cc3ccccc3)c1)CC(=O)C2. The van der Waals surface area contributed by atoms with Gasteiger partial charge in [0.05, 0.1) is 17.4 Å². The van der Waals surface area contributed by atoms with Crippen LogP contribution in [0, 0.1) is 27.7 Å². The van der Waals surface area contributed by atoms with Crippen molar-refractivity contribution in [1.82, 2.24) is 0 Å². The van der Waals surface area contributed by atoms with Crippen molar-refractivity contribution in [1.29, 1.82) is 0 Å². The Morgan fingerprint density at radius 2 is 1.09 bits per heavy atom. The first-order chi connectivity index (χ1) is 26.2. The highest BCUT2D eigenvalue weighted by atomic mass is 16.1. The minimum absolute atomic E-state index is 0.0246. The zero-order chi connectivity index (χ0) is 37.6. The Morgan fingerprint density at radius 1 is 0.537 bits per heavy atom. The number of carbonyl (C=O) groups is 2. The maximum Gasteiger partial charge on any atom is 0.143 e. The van der Waals surface area contributed by atoms with Crippen LogP contribution >= 0.6 is 0 Å². The van der Waals surface area contributed by atoms with E-state index in [1.807, 2.05) is 12.1 Å². The number of benzene rings is 6. The van der Waals surface area contributed by atoms with E-state index in [0.717, 1.165) is 46.6 Å². The van der Waals surface area contributed by atoms with Gasteiger partial charge in [0.15, 0.2) is 0 Å². The molecule has 1 atom stereocenters. The molecule has 0 saturated carbocycles. The first kappa shape index (κ1) is 36.5. The first-order valence-corrected chi connectivity index (χ1v) is 19.0. The molecule has 2 aliphatic heterocycles. The Hall–Kier alpha value is -5.87. The Bertz CT molecular complexity index is 2340. The summed E-state index contributed by atoms with van der Waals surface area (Å²) >= 11 is 0. The molecule has 0 fully saturated rings. The summed E-state index contributed by atoms with van der Waals surface area (Å²) in [6, 6.07) is 46.6. The summed E-state index contributed by atoms with van der Waals surface area (Å²) < 4.78 is 0. The van der Waals surface area contributed by atoms with Gasteiger partial charge in [0.2, 0.25) is 0 Å². The first-order valence-electron chi connectivity index (χ1n) is 19.0. The fourth-order valence-electron chi connectivity index (χ4n) is 7.47. The van der Waals surface area contributed by atoms with Crippen LogP contribution in [0.1, 0.15) is 85.6 Å². The van der Waals surface area contributed by atoms with Crippen molar-refractivity contribution in [2.24, 2.45) is 4.99 Å². The lowest BCUT2D eigenvalue weighted by Gasteiger charge is -2.20. The summed E-state index contributed by atoms with van der Waals surface area (Å²) in [6.45, 7) is 8.41. The van der Waals surface area contributed by atoms with Crippen molar-refractivity contribution in [2.45, 2.75) is 72.3 Å². The molecule has 2 heterocycles. The molecule has 6 aromatic rings. The summed E-state index contributed by atoms with van der Waals surface area (Å²) in [4.78, 5) is 30.0. The maximum atomic E-state index is 12.6. The summed E-state index contributed by atoms with van der Waals surface area (Å²) in [5.74, 6) is 0.521. The predicted octanol–water partition coefficient (Wildman–Crippen LogP) is 11.1. The summed E-state index contributed by atoms with van der Waals surface area (Å²) in [7, 11) is 0. The molecule has 0 radical (unpaired) electrons. The van der Waals surface area contributed by atoms with E-state index in [0.29, 0.717) is 31.5 Å². The molecular formula is C50H48N2O2. The van der Waals surface area contributed by atoms with Gasteiger partial charge in [-0.15, -0.1) is 0 Å². The Balaban J connectivity index is 0.000000167. The lowest BCUT2D eigenvalue weighted by molar-refractivity contribution is -0.119. The summed E-state index contributed by atoms with van der Waals surface area (Å²) in [5.41, 5.74) is 17.3. The van der Waals surface area contributed by atoms with E-state index >= 15 is 0 Å². The zero-order valence-corrected chi connectivity index (χ0v) is 31.8. The van der Waals surface area contributed by atoms with Crippen molar-refractivity contribution in [3.63, 3.8) is 0 Å². The van der Waals surface area contributed by atoms with Crippen molar-refractivity contribution in [3.8, 4) is 0 Å². The fraction of sp³-hybridized carbons (Fsp3) is 0.220. The maximum absolute atomic E-state index is 12.6. The Kier molecular flexibility index (Phi) is 11.1. The molecule has 4 nitrogen and oxygen atoms in total. The van der Waals surface area contributed by atoms with Crippen molar-refractivity contribution in [3.05, 3.63) is 200 Å². The minimum Gasteiger partial charge on any atom is -0.378 e. The van der Waals surface area contributed by atoms with Gasteiger partial charge in [0.1, 0.15) is 11.6 Å². The molecular weight excluding hydrogens is 661 g/mol. The summed E-state index contributed by atoms with van der Waals surface area (Å²) in [6.07, 6.45) is 3.69. The van der Waals surface area contributed by atoms with E-state index in [2.05, 4.69) is 154 Å². The van der Waals surface area contributed by atoms with E-state index < -0.39 is 0 Å². The van der Waals surface area contributed by atoms with E-state index in [9.17, 15) is 9.59 Å². The van der Waals surface area contributed by atoms with Crippen molar-refractivity contribution >= 4 is 28.7 Å². The lowest BCUT2D eigenvalue weighted by atomic mass is 9.96. The third-order valence-corrected chi connectivity index (χ3v) is 10.7. The number of nitrogens with zero attached hydrogens (tertiary/aromatic N) is 1. The number of aryl methyl sites for hydroxylation is 4. The molecule has 8 rings (SSSR count). The van der Waals surface area contributed by atoms with Crippen molar-refractivity contribution in [2.75, 3.05) is 5.32 Å². The Morgan fingerprint density at radius 3 is 1.78 bits per heavy atom. The van der Waals surface area contributed by atoms with Gasteiger partial charge in [-0.05, 0) is 125 Å². The molecule has 0 amide bonds. The van der Waals surface area contributed by atoms with Gasteiger partial charge in [0, 0.05) is 31.4 Å². The second-order valence-electron chi connectivity index (χ2n) is 15.0. The average molecular weight is 709 g/mol. The monoisotopic (exact) mass is 708 g/mol. The molecule has 54 heavy (non-hydrogen) atoms. The number of rotatable bonds is 6. The molecule has 0 aromatic heterocycles. The number of carbonyl (C=O) groups excluding carboxylic acids is 2. The molecule has 1 N–H and O–H groups in total. The number of hydrogen-bond acceptors (Lipinski definition) is 4. The molecule has 1 unspecified atom stereocenters. The van der Waals surface area contributed by atoms with Crippen LogP contribution in [0.2, 0.25) is 0 Å². The predicted molar refractivity (Wildman–Crippen MR) is 222 cm³/mol. The van der Waals surface area contributed by atoms with Crippen molar-refractivity contribution < 1.29 is 9.59 Å². The molecule has 4 heteroatoms. The number of anilines is 1. The van der Waals surface area contributed by atoms with Gasteiger partial charge in [-0.3, -0.25) is 14.6 Å². The zero-order valence-electron chi connectivity index (χ0n) is 31.8. The topological polar surface area (TPSA) is 58.5 Å². The standard InChI is InChI=1S/C25H25NO.C25H23NO/c2*1-17-11-22-15-23(27)16-25(26-24(22)12-18(17)2)21-10-6-9-20(14-21)13-19-7-4-3-5-8-19/h3-12,14,25-26H,13,15-16H2,1-2H3;3-12,14H,13,15-16H2,1-2H3. The molecule has 0 aliphatic carbocycles. The van der Waals surface area contributed by atoms with Crippen LogP contribution in [0.5, 0.6) is 0 Å².